The molecule has 0 atom stereocenters. The van der Waals surface area contributed by atoms with Crippen molar-refractivity contribution in [1.29, 1.82) is 0 Å². The number of anilines is 1. The molecule has 2 rings (SSSR count). The molecule has 2 aromatic carbocycles. The normalized spacial score (nSPS) is 11.4. The smallest absolute Gasteiger partial charge is 0.306 e. The summed E-state index contributed by atoms with van der Waals surface area (Å²) in [5.41, 5.74) is 1.05. The van der Waals surface area contributed by atoms with Gasteiger partial charge in [-0.3, -0.25) is 9.59 Å². The van der Waals surface area contributed by atoms with Crippen molar-refractivity contribution in [2.45, 2.75) is 31.6 Å². The van der Waals surface area contributed by atoms with Crippen LogP contribution in [-0.4, -0.2) is 44.3 Å². The van der Waals surface area contributed by atoms with Crippen LogP contribution < -0.4 is 5.32 Å². The number of sulfonamides is 1. The van der Waals surface area contributed by atoms with E-state index in [9.17, 15) is 22.4 Å². The quantitative estimate of drug-likeness (QED) is 0.535. The van der Waals surface area contributed by atoms with Crippen molar-refractivity contribution >= 4 is 39.2 Å². The van der Waals surface area contributed by atoms with Crippen LogP contribution in [0.4, 0.5) is 10.1 Å². The molecular weight excluding hydrogens is 447 g/mol. The lowest BCUT2D eigenvalue weighted by molar-refractivity contribution is -0.147. The maximum atomic E-state index is 13.1. The third-order valence-electron chi connectivity index (χ3n) is 4.45. The van der Waals surface area contributed by atoms with Gasteiger partial charge in [-0.05, 0) is 42.3 Å². The minimum absolute atomic E-state index is 0.0256. The highest BCUT2D eigenvalue weighted by Crippen LogP contribution is 2.19. The van der Waals surface area contributed by atoms with Crippen LogP contribution in [0.15, 0.2) is 47.4 Å². The van der Waals surface area contributed by atoms with Crippen LogP contribution in [-0.2, 0) is 30.8 Å². The maximum Gasteiger partial charge on any atom is 0.306 e. The molecule has 7 nitrogen and oxygen atoms in total. The lowest BCUT2D eigenvalue weighted by Crippen LogP contribution is -2.30. The standard InChI is InChI=1S/C21H24ClFN2O5S/c1-3-25(4-2)31(28,29)17-9-5-15(6-10-17)7-12-21(27)30-14-20(26)24-16-8-11-19(23)18(22)13-16/h5-6,8-11,13H,3-4,7,12,14H2,1-2H3,(H,24,26). The molecule has 0 saturated heterocycles. The van der Waals surface area contributed by atoms with Gasteiger partial charge in [0, 0.05) is 25.2 Å². The fraction of sp³-hybridized carbons (Fsp3) is 0.333. The number of hydrogen-bond donors (Lipinski definition) is 1. The third-order valence-corrected chi connectivity index (χ3v) is 6.81. The average molecular weight is 471 g/mol. The van der Waals surface area contributed by atoms with Crippen molar-refractivity contribution in [2.24, 2.45) is 0 Å². The number of aryl methyl sites for hydroxylation is 1. The summed E-state index contributed by atoms with van der Waals surface area (Å²) >= 11 is 5.64. The zero-order valence-electron chi connectivity index (χ0n) is 17.2. The van der Waals surface area contributed by atoms with Crippen LogP contribution in [0, 0.1) is 5.82 Å². The van der Waals surface area contributed by atoms with E-state index < -0.39 is 34.3 Å². The molecule has 0 saturated carbocycles. The number of rotatable bonds is 10. The van der Waals surface area contributed by atoms with Gasteiger partial charge in [-0.15, -0.1) is 0 Å². The molecule has 10 heteroatoms. The minimum atomic E-state index is -3.53. The van der Waals surface area contributed by atoms with E-state index in [1.54, 1.807) is 26.0 Å². The third kappa shape index (κ3) is 7.02. The van der Waals surface area contributed by atoms with Crippen molar-refractivity contribution < 1.29 is 27.1 Å². The van der Waals surface area contributed by atoms with Crippen molar-refractivity contribution in [3.05, 3.63) is 58.9 Å². The number of halogens is 2. The first-order valence-electron chi connectivity index (χ1n) is 9.67. The molecule has 0 radical (unpaired) electrons. The highest BCUT2D eigenvalue weighted by molar-refractivity contribution is 7.89. The molecule has 31 heavy (non-hydrogen) atoms. The van der Waals surface area contributed by atoms with E-state index in [1.165, 1.54) is 28.6 Å². The van der Waals surface area contributed by atoms with Gasteiger partial charge in [-0.25, -0.2) is 12.8 Å². The first-order valence-corrected chi connectivity index (χ1v) is 11.5. The predicted octanol–water partition coefficient (Wildman–Crippen LogP) is 3.62. The molecule has 0 bridgehead atoms. The zero-order valence-corrected chi connectivity index (χ0v) is 18.8. The first-order chi connectivity index (χ1) is 14.7. The molecule has 1 amide bonds. The van der Waals surface area contributed by atoms with Gasteiger partial charge in [0.15, 0.2) is 6.61 Å². The van der Waals surface area contributed by atoms with E-state index in [2.05, 4.69) is 5.32 Å². The van der Waals surface area contributed by atoms with Gasteiger partial charge >= 0.3 is 5.97 Å². The summed E-state index contributed by atoms with van der Waals surface area (Å²) in [6, 6.07) is 10.0. The molecule has 1 N–H and O–H groups in total. The summed E-state index contributed by atoms with van der Waals surface area (Å²) in [5.74, 6) is -1.76. The molecule has 0 aliphatic heterocycles. The number of nitrogens with zero attached hydrogens (tertiary/aromatic N) is 1. The molecule has 0 fully saturated rings. The highest BCUT2D eigenvalue weighted by atomic mass is 35.5. The van der Waals surface area contributed by atoms with E-state index in [-0.39, 0.29) is 22.0 Å². The van der Waals surface area contributed by atoms with E-state index in [4.69, 9.17) is 16.3 Å². The summed E-state index contributed by atoms with van der Waals surface area (Å²) < 4.78 is 44.4. The minimum Gasteiger partial charge on any atom is -0.456 e. The van der Waals surface area contributed by atoms with Gasteiger partial charge < -0.3 is 10.1 Å². The Hall–Kier alpha value is -2.49. The van der Waals surface area contributed by atoms with Crippen LogP contribution >= 0.6 is 11.6 Å². The molecular formula is C21H24ClFN2O5S. The maximum absolute atomic E-state index is 13.1. The molecule has 168 valence electrons. The second-order valence-corrected chi connectivity index (χ2v) is 8.92. The summed E-state index contributed by atoms with van der Waals surface area (Å²) in [6.45, 7) is 3.82. The number of carbonyl (C=O) groups excluding carboxylic acids is 2. The van der Waals surface area contributed by atoms with Crippen LogP contribution in [0.5, 0.6) is 0 Å². The fourth-order valence-corrected chi connectivity index (χ4v) is 4.41. The van der Waals surface area contributed by atoms with Crippen LogP contribution in [0.1, 0.15) is 25.8 Å². The van der Waals surface area contributed by atoms with Gasteiger partial charge in [0.25, 0.3) is 5.91 Å². The molecule has 0 aliphatic carbocycles. The first kappa shape index (κ1) is 24.8. The monoisotopic (exact) mass is 470 g/mol. The van der Waals surface area contributed by atoms with Crippen LogP contribution in [0.2, 0.25) is 5.02 Å². The summed E-state index contributed by atoms with van der Waals surface area (Å²) in [6.07, 6.45) is 0.359. The molecule has 0 aliphatic rings. The Morgan fingerprint density at radius 2 is 1.74 bits per heavy atom. The van der Waals surface area contributed by atoms with Crippen LogP contribution in [0.3, 0.4) is 0 Å². The second-order valence-electron chi connectivity index (χ2n) is 6.57. The Kier molecular flexibility index (Phi) is 8.97. The van der Waals surface area contributed by atoms with Gasteiger partial charge in [-0.1, -0.05) is 37.6 Å². The van der Waals surface area contributed by atoms with Crippen molar-refractivity contribution in [3.8, 4) is 0 Å². The number of carbonyl (C=O) groups is 2. The van der Waals surface area contributed by atoms with Gasteiger partial charge in [-0.2, -0.15) is 4.31 Å². The zero-order chi connectivity index (χ0) is 23.0. The van der Waals surface area contributed by atoms with Gasteiger partial charge in [0.05, 0.1) is 9.92 Å². The van der Waals surface area contributed by atoms with Gasteiger partial charge in [0.2, 0.25) is 10.0 Å². The van der Waals surface area contributed by atoms with Crippen LogP contribution in [0.25, 0.3) is 0 Å². The number of hydrogen-bond acceptors (Lipinski definition) is 5. The predicted molar refractivity (Wildman–Crippen MR) is 116 cm³/mol. The number of esters is 1. The topological polar surface area (TPSA) is 92.8 Å². The van der Waals surface area contributed by atoms with E-state index in [1.807, 2.05) is 0 Å². The Balaban J connectivity index is 1.81. The van der Waals surface area contributed by atoms with Gasteiger partial charge in [0.1, 0.15) is 5.82 Å². The van der Waals surface area contributed by atoms with E-state index in [0.717, 1.165) is 11.6 Å². The number of amides is 1. The lowest BCUT2D eigenvalue weighted by Gasteiger charge is -2.18. The number of ether oxygens (including phenoxy) is 1. The average Bonchev–Trinajstić information content (AvgIpc) is 2.74. The SMILES string of the molecule is CCN(CC)S(=O)(=O)c1ccc(CCC(=O)OCC(=O)Nc2ccc(F)c(Cl)c2)cc1. The summed E-state index contributed by atoms with van der Waals surface area (Å²) in [5, 5.41) is 2.32. The number of benzene rings is 2. The number of nitrogens with one attached hydrogen (secondary N) is 1. The van der Waals surface area contributed by atoms with Crippen molar-refractivity contribution in [3.63, 3.8) is 0 Å². The second kappa shape index (κ2) is 11.2. The molecule has 0 spiro atoms. The van der Waals surface area contributed by atoms with E-state index >= 15 is 0 Å². The Labute approximate surface area is 186 Å². The molecule has 0 unspecified atom stereocenters. The molecule has 0 heterocycles. The summed E-state index contributed by atoms with van der Waals surface area (Å²) in [4.78, 5) is 23.9. The largest absolute Gasteiger partial charge is 0.456 e. The lowest BCUT2D eigenvalue weighted by atomic mass is 10.1. The highest BCUT2D eigenvalue weighted by Gasteiger charge is 2.21. The van der Waals surface area contributed by atoms with Crippen molar-refractivity contribution in [1.82, 2.24) is 4.31 Å². The molecule has 0 aromatic heterocycles. The fourth-order valence-electron chi connectivity index (χ4n) is 2.78. The Morgan fingerprint density at radius 3 is 2.32 bits per heavy atom. The van der Waals surface area contributed by atoms with Crippen molar-refractivity contribution in [2.75, 3.05) is 25.0 Å². The van der Waals surface area contributed by atoms with E-state index in [0.29, 0.717) is 19.5 Å². The Morgan fingerprint density at radius 1 is 1.10 bits per heavy atom. The Bertz CT molecular complexity index is 1020. The summed E-state index contributed by atoms with van der Waals surface area (Å²) in [7, 11) is -3.53. The molecule has 2 aromatic rings.